The fourth-order valence-corrected chi connectivity index (χ4v) is 2.08. The Kier molecular flexibility index (Phi) is 3.45. The predicted octanol–water partition coefficient (Wildman–Crippen LogP) is 2.02. The number of aryl methyl sites for hydroxylation is 2. The fourth-order valence-electron chi connectivity index (χ4n) is 1.83. The Bertz CT molecular complexity index is 507. The average molecular weight is 251 g/mol. The third-order valence-corrected chi connectivity index (χ3v) is 3.23. The molecule has 0 aliphatic carbocycles. The van der Waals surface area contributed by atoms with Crippen molar-refractivity contribution in [2.45, 2.75) is 19.4 Å². The van der Waals surface area contributed by atoms with Gasteiger partial charge in [0.1, 0.15) is 5.15 Å². The topological polar surface area (TPSA) is 56.7 Å². The van der Waals surface area contributed by atoms with Crippen molar-refractivity contribution in [1.29, 1.82) is 0 Å². The summed E-state index contributed by atoms with van der Waals surface area (Å²) in [4.78, 5) is 4.25. The highest BCUT2D eigenvalue weighted by Gasteiger charge is 2.16. The van der Waals surface area contributed by atoms with Crippen LogP contribution < -0.4 is 5.73 Å². The number of nitrogens with two attached hydrogens (primary N) is 1. The third-order valence-electron chi connectivity index (χ3n) is 2.76. The van der Waals surface area contributed by atoms with Crippen LogP contribution in [0, 0.1) is 6.92 Å². The minimum Gasteiger partial charge on any atom is -0.322 e. The molecule has 2 rings (SSSR count). The van der Waals surface area contributed by atoms with Crippen molar-refractivity contribution < 1.29 is 0 Å². The summed E-state index contributed by atoms with van der Waals surface area (Å²) < 4.78 is 1.66. The Balaban J connectivity index is 2.22. The van der Waals surface area contributed by atoms with Crippen molar-refractivity contribution >= 4 is 11.6 Å². The van der Waals surface area contributed by atoms with Crippen LogP contribution in [0.15, 0.2) is 24.4 Å². The molecule has 0 aromatic carbocycles. The van der Waals surface area contributed by atoms with Gasteiger partial charge >= 0.3 is 0 Å². The number of aromatic nitrogens is 3. The zero-order valence-electron chi connectivity index (χ0n) is 9.89. The van der Waals surface area contributed by atoms with Gasteiger partial charge in [-0.15, -0.1) is 0 Å². The Labute approximate surface area is 105 Å². The van der Waals surface area contributed by atoms with Gasteiger partial charge in [0.25, 0.3) is 0 Å². The van der Waals surface area contributed by atoms with E-state index in [1.54, 1.807) is 10.9 Å². The number of nitrogens with zero attached hydrogens (tertiary/aromatic N) is 3. The van der Waals surface area contributed by atoms with Gasteiger partial charge in [-0.2, -0.15) is 5.10 Å². The van der Waals surface area contributed by atoms with Crippen molar-refractivity contribution in [3.05, 3.63) is 46.5 Å². The summed E-state index contributed by atoms with van der Waals surface area (Å²) in [6.45, 7) is 1.94. The molecular weight excluding hydrogens is 236 g/mol. The molecule has 0 fully saturated rings. The maximum Gasteiger partial charge on any atom is 0.130 e. The standard InChI is InChI=1S/C12H15ClN4/c1-8-9(12(13)17(2)16-8)7-10(14)11-5-3-4-6-15-11/h3-6,10H,7,14H2,1-2H3. The average Bonchev–Trinajstić information content (AvgIpc) is 2.57. The van der Waals surface area contributed by atoms with Gasteiger partial charge < -0.3 is 5.73 Å². The Hall–Kier alpha value is -1.39. The summed E-state index contributed by atoms with van der Waals surface area (Å²) in [6, 6.07) is 5.57. The summed E-state index contributed by atoms with van der Waals surface area (Å²) in [5.74, 6) is 0. The number of halogens is 1. The van der Waals surface area contributed by atoms with E-state index in [2.05, 4.69) is 10.1 Å². The summed E-state index contributed by atoms with van der Waals surface area (Å²) in [7, 11) is 1.82. The second-order valence-corrected chi connectivity index (χ2v) is 4.40. The lowest BCUT2D eigenvalue weighted by molar-refractivity contribution is 0.693. The van der Waals surface area contributed by atoms with Gasteiger partial charge in [-0.05, 0) is 25.5 Å². The second-order valence-electron chi connectivity index (χ2n) is 4.04. The lowest BCUT2D eigenvalue weighted by Crippen LogP contribution is -2.15. The molecule has 2 aromatic rings. The molecule has 0 bridgehead atoms. The first kappa shape index (κ1) is 12.1. The van der Waals surface area contributed by atoms with E-state index in [-0.39, 0.29) is 6.04 Å². The zero-order valence-corrected chi connectivity index (χ0v) is 10.6. The van der Waals surface area contributed by atoms with Crippen molar-refractivity contribution in [1.82, 2.24) is 14.8 Å². The van der Waals surface area contributed by atoms with Crippen LogP contribution in [-0.2, 0) is 13.5 Å². The summed E-state index contributed by atoms with van der Waals surface area (Å²) in [5.41, 5.74) is 8.90. The molecule has 0 saturated carbocycles. The van der Waals surface area contributed by atoms with Crippen LogP contribution in [0.2, 0.25) is 5.15 Å². The first-order chi connectivity index (χ1) is 8.09. The lowest BCUT2D eigenvalue weighted by atomic mass is 10.0. The molecule has 5 heteroatoms. The van der Waals surface area contributed by atoms with Crippen LogP contribution in [0.4, 0.5) is 0 Å². The van der Waals surface area contributed by atoms with Crippen molar-refractivity contribution in [3.63, 3.8) is 0 Å². The molecule has 0 aliphatic heterocycles. The molecule has 0 amide bonds. The van der Waals surface area contributed by atoms with Gasteiger partial charge in [0, 0.05) is 18.8 Å². The van der Waals surface area contributed by atoms with E-state index in [4.69, 9.17) is 17.3 Å². The number of rotatable bonds is 3. The maximum atomic E-state index is 6.17. The predicted molar refractivity (Wildman–Crippen MR) is 67.8 cm³/mol. The van der Waals surface area contributed by atoms with E-state index in [0.29, 0.717) is 11.6 Å². The van der Waals surface area contributed by atoms with Crippen molar-refractivity contribution in [2.75, 3.05) is 0 Å². The molecule has 0 radical (unpaired) electrons. The molecule has 2 aromatic heterocycles. The van der Waals surface area contributed by atoms with Crippen LogP contribution in [-0.4, -0.2) is 14.8 Å². The normalized spacial score (nSPS) is 12.7. The molecule has 2 heterocycles. The molecule has 4 nitrogen and oxygen atoms in total. The summed E-state index contributed by atoms with van der Waals surface area (Å²) >= 11 is 6.17. The molecule has 0 spiro atoms. The maximum absolute atomic E-state index is 6.17. The summed E-state index contributed by atoms with van der Waals surface area (Å²) in [6.07, 6.45) is 2.39. The van der Waals surface area contributed by atoms with Crippen LogP contribution in [0.25, 0.3) is 0 Å². The third kappa shape index (κ3) is 2.48. The molecule has 1 unspecified atom stereocenters. The first-order valence-corrected chi connectivity index (χ1v) is 5.82. The molecule has 0 aliphatic rings. The Morgan fingerprint density at radius 2 is 2.24 bits per heavy atom. The molecule has 2 N–H and O–H groups in total. The highest BCUT2D eigenvalue weighted by atomic mass is 35.5. The van der Waals surface area contributed by atoms with E-state index in [1.165, 1.54) is 0 Å². The van der Waals surface area contributed by atoms with Crippen molar-refractivity contribution in [2.24, 2.45) is 12.8 Å². The minimum absolute atomic E-state index is 0.156. The van der Waals surface area contributed by atoms with Crippen LogP contribution in [0.5, 0.6) is 0 Å². The molecule has 1 atom stereocenters. The van der Waals surface area contributed by atoms with E-state index >= 15 is 0 Å². The second kappa shape index (κ2) is 4.85. The number of hydrogen-bond acceptors (Lipinski definition) is 3. The largest absolute Gasteiger partial charge is 0.322 e. The molecule has 0 saturated heterocycles. The minimum atomic E-state index is -0.156. The van der Waals surface area contributed by atoms with Crippen LogP contribution >= 0.6 is 11.6 Å². The lowest BCUT2D eigenvalue weighted by Gasteiger charge is -2.10. The smallest absolute Gasteiger partial charge is 0.130 e. The van der Waals surface area contributed by atoms with Gasteiger partial charge in [0.15, 0.2) is 0 Å². The Morgan fingerprint density at radius 3 is 2.76 bits per heavy atom. The molecule has 17 heavy (non-hydrogen) atoms. The van der Waals surface area contributed by atoms with Crippen molar-refractivity contribution in [3.8, 4) is 0 Å². The molecular formula is C12H15ClN4. The van der Waals surface area contributed by atoms with E-state index in [1.807, 2.05) is 32.2 Å². The quantitative estimate of drug-likeness (QED) is 0.907. The van der Waals surface area contributed by atoms with Gasteiger partial charge in [0.05, 0.1) is 17.4 Å². The first-order valence-electron chi connectivity index (χ1n) is 5.44. The van der Waals surface area contributed by atoms with E-state index < -0.39 is 0 Å². The highest BCUT2D eigenvalue weighted by Crippen LogP contribution is 2.23. The SMILES string of the molecule is Cc1nn(C)c(Cl)c1CC(N)c1ccccn1. The Morgan fingerprint density at radius 1 is 1.47 bits per heavy atom. The fraction of sp³-hybridized carbons (Fsp3) is 0.333. The summed E-state index contributed by atoms with van der Waals surface area (Å²) in [5, 5.41) is 4.91. The highest BCUT2D eigenvalue weighted by molar-refractivity contribution is 6.30. The van der Waals surface area contributed by atoms with Crippen LogP contribution in [0.1, 0.15) is 23.0 Å². The van der Waals surface area contributed by atoms with Gasteiger partial charge in [0.2, 0.25) is 0 Å². The zero-order chi connectivity index (χ0) is 12.4. The van der Waals surface area contributed by atoms with E-state index in [0.717, 1.165) is 17.0 Å². The number of pyridine rings is 1. The van der Waals surface area contributed by atoms with Crippen LogP contribution in [0.3, 0.4) is 0 Å². The van der Waals surface area contributed by atoms with Gasteiger partial charge in [-0.1, -0.05) is 17.7 Å². The number of hydrogen-bond donors (Lipinski definition) is 1. The molecule has 90 valence electrons. The monoisotopic (exact) mass is 250 g/mol. The van der Waals surface area contributed by atoms with Gasteiger partial charge in [-0.3, -0.25) is 9.67 Å². The van der Waals surface area contributed by atoms with E-state index in [9.17, 15) is 0 Å². The van der Waals surface area contributed by atoms with Gasteiger partial charge in [-0.25, -0.2) is 0 Å².